The predicted molar refractivity (Wildman–Crippen MR) is 109 cm³/mol. The minimum absolute atomic E-state index is 0.0140. The van der Waals surface area contributed by atoms with Crippen LogP contribution in [0.15, 0.2) is 18.2 Å². The van der Waals surface area contributed by atoms with Crippen LogP contribution in [0.1, 0.15) is 63.9 Å². The standard InChI is InChI=1S/C22H31N3O3/c1-14(23-15(2)26)13-27-18-7-9-19(10-8-18)28-22-24-20-11-6-17(16-4-5-16)12-21(20)25(22)3/h6,11-12,14,16,18-19H,4-5,7-10,13H2,1-3H3,(H,23,26)/t14-,18-,19-/m0/s1. The van der Waals surface area contributed by atoms with Gasteiger partial charge in [0.25, 0.3) is 6.01 Å². The zero-order valence-corrected chi connectivity index (χ0v) is 17.1. The molecule has 0 bridgehead atoms. The number of fused-ring (bicyclic) bond motifs is 1. The number of benzene rings is 1. The third kappa shape index (κ3) is 4.49. The molecule has 0 spiro atoms. The molecular formula is C22H31N3O3. The monoisotopic (exact) mass is 385 g/mol. The summed E-state index contributed by atoms with van der Waals surface area (Å²) in [6.07, 6.45) is 6.94. The number of carbonyl (C=O) groups excluding carboxylic acids is 1. The fourth-order valence-corrected chi connectivity index (χ4v) is 4.10. The quantitative estimate of drug-likeness (QED) is 0.790. The summed E-state index contributed by atoms with van der Waals surface area (Å²) in [5, 5.41) is 2.86. The maximum absolute atomic E-state index is 11.1. The van der Waals surface area contributed by atoms with E-state index in [2.05, 4.69) is 28.1 Å². The van der Waals surface area contributed by atoms with Gasteiger partial charge in [-0.15, -0.1) is 0 Å². The Labute approximate surface area is 166 Å². The molecule has 1 aromatic heterocycles. The zero-order chi connectivity index (χ0) is 19.7. The van der Waals surface area contributed by atoms with E-state index in [0.717, 1.165) is 42.6 Å². The summed E-state index contributed by atoms with van der Waals surface area (Å²) in [5.74, 6) is 0.729. The smallest absolute Gasteiger partial charge is 0.297 e. The lowest BCUT2D eigenvalue weighted by molar-refractivity contribution is -0.120. The first kappa shape index (κ1) is 19.2. The van der Waals surface area contributed by atoms with Crippen LogP contribution in [0.3, 0.4) is 0 Å². The fraction of sp³-hybridized carbons (Fsp3) is 0.636. The van der Waals surface area contributed by atoms with Crippen LogP contribution in [0.5, 0.6) is 6.01 Å². The van der Waals surface area contributed by atoms with Gasteiger partial charge in [-0.2, -0.15) is 4.98 Å². The van der Waals surface area contributed by atoms with E-state index in [-0.39, 0.29) is 24.2 Å². The fourth-order valence-electron chi connectivity index (χ4n) is 4.10. The second-order valence-electron chi connectivity index (χ2n) is 8.43. The molecule has 2 aliphatic rings. The average Bonchev–Trinajstić information content (AvgIpc) is 3.47. The zero-order valence-electron chi connectivity index (χ0n) is 17.1. The highest BCUT2D eigenvalue weighted by atomic mass is 16.5. The highest BCUT2D eigenvalue weighted by Crippen LogP contribution is 2.41. The number of nitrogens with one attached hydrogen (secondary N) is 1. The van der Waals surface area contributed by atoms with Crippen molar-refractivity contribution in [3.8, 4) is 6.01 Å². The Kier molecular flexibility index (Phi) is 5.58. The third-order valence-corrected chi connectivity index (χ3v) is 5.84. The van der Waals surface area contributed by atoms with E-state index in [0.29, 0.717) is 12.6 Å². The molecule has 6 nitrogen and oxygen atoms in total. The van der Waals surface area contributed by atoms with Gasteiger partial charge in [0.2, 0.25) is 5.91 Å². The SMILES string of the molecule is CC(=O)N[C@@H](C)CO[C@H]1CC[C@H](Oc2nc3ccc(C4CC4)cc3n2C)CC1. The Morgan fingerprint density at radius 1 is 1.21 bits per heavy atom. The summed E-state index contributed by atoms with van der Waals surface area (Å²) in [6, 6.07) is 7.37. The van der Waals surface area contributed by atoms with Crippen molar-refractivity contribution in [3.63, 3.8) is 0 Å². The first-order valence-corrected chi connectivity index (χ1v) is 10.5. The van der Waals surface area contributed by atoms with Gasteiger partial charge in [0, 0.05) is 20.0 Å². The number of carbonyl (C=O) groups is 1. The Balaban J connectivity index is 1.30. The van der Waals surface area contributed by atoms with E-state index in [1.54, 1.807) is 0 Å². The number of aromatic nitrogens is 2. The molecule has 4 rings (SSSR count). The van der Waals surface area contributed by atoms with Gasteiger partial charge in [0.15, 0.2) is 0 Å². The van der Waals surface area contributed by atoms with Crippen molar-refractivity contribution in [1.29, 1.82) is 0 Å². The van der Waals surface area contributed by atoms with Crippen LogP contribution in [0, 0.1) is 0 Å². The van der Waals surface area contributed by atoms with Gasteiger partial charge < -0.3 is 14.8 Å². The summed E-state index contributed by atoms with van der Waals surface area (Å²) in [4.78, 5) is 15.8. The average molecular weight is 386 g/mol. The molecule has 0 unspecified atom stereocenters. The number of hydrogen-bond acceptors (Lipinski definition) is 4. The first-order valence-electron chi connectivity index (χ1n) is 10.5. The second-order valence-corrected chi connectivity index (χ2v) is 8.43. The lowest BCUT2D eigenvalue weighted by Gasteiger charge is -2.29. The summed E-state index contributed by atoms with van der Waals surface area (Å²) < 4.78 is 14.3. The Hall–Kier alpha value is -2.08. The van der Waals surface area contributed by atoms with Crippen molar-refractivity contribution in [2.24, 2.45) is 7.05 Å². The molecule has 6 heteroatoms. The maximum atomic E-state index is 11.1. The lowest BCUT2D eigenvalue weighted by atomic mass is 9.95. The number of nitrogens with zero attached hydrogens (tertiary/aromatic N) is 2. The molecule has 28 heavy (non-hydrogen) atoms. The molecular weight excluding hydrogens is 354 g/mol. The summed E-state index contributed by atoms with van der Waals surface area (Å²) in [6.45, 7) is 4.06. The first-order chi connectivity index (χ1) is 13.5. The molecule has 0 saturated heterocycles. The van der Waals surface area contributed by atoms with Crippen LogP contribution in [-0.2, 0) is 16.6 Å². The molecule has 2 fully saturated rings. The van der Waals surface area contributed by atoms with Crippen molar-refractivity contribution in [3.05, 3.63) is 23.8 Å². The third-order valence-electron chi connectivity index (χ3n) is 5.84. The van der Waals surface area contributed by atoms with Crippen LogP contribution in [-0.4, -0.2) is 40.3 Å². The van der Waals surface area contributed by atoms with Crippen molar-refractivity contribution in [2.75, 3.05) is 6.61 Å². The Bertz CT molecular complexity index is 835. The molecule has 0 radical (unpaired) electrons. The lowest BCUT2D eigenvalue weighted by Crippen LogP contribution is -2.37. The number of imidazole rings is 1. The molecule has 0 aliphatic heterocycles. The Morgan fingerprint density at radius 3 is 2.61 bits per heavy atom. The van der Waals surface area contributed by atoms with Crippen molar-refractivity contribution >= 4 is 16.9 Å². The summed E-state index contributed by atoms with van der Waals surface area (Å²) in [5.41, 5.74) is 3.59. The van der Waals surface area contributed by atoms with Crippen molar-refractivity contribution < 1.29 is 14.3 Å². The van der Waals surface area contributed by atoms with Gasteiger partial charge in [-0.25, -0.2) is 0 Å². The van der Waals surface area contributed by atoms with E-state index in [1.165, 1.54) is 25.3 Å². The minimum atomic E-state index is -0.0140. The number of ether oxygens (including phenoxy) is 2. The van der Waals surface area contributed by atoms with Gasteiger partial charge in [-0.3, -0.25) is 9.36 Å². The highest BCUT2D eigenvalue weighted by molar-refractivity contribution is 5.77. The summed E-state index contributed by atoms with van der Waals surface area (Å²) in [7, 11) is 2.04. The molecule has 2 aromatic rings. The number of hydrogen-bond donors (Lipinski definition) is 1. The van der Waals surface area contributed by atoms with Crippen molar-refractivity contribution in [1.82, 2.24) is 14.9 Å². The van der Waals surface area contributed by atoms with Gasteiger partial charge >= 0.3 is 0 Å². The molecule has 2 saturated carbocycles. The number of amides is 1. The minimum Gasteiger partial charge on any atom is -0.461 e. The topological polar surface area (TPSA) is 65.4 Å². The summed E-state index contributed by atoms with van der Waals surface area (Å²) >= 11 is 0. The Morgan fingerprint density at radius 2 is 1.93 bits per heavy atom. The normalized spacial score (nSPS) is 23.5. The van der Waals surface area contributed by atoms with Crippen LogP contribution in [0.25, 0.3) is 11.0 Å². The van der Waals surface area contributed by atoms with Crippen LogP contribution < -0.4 is 10.1 Å². The van der Waals surface area contributed by atoms with Gasteiger partial charge in [-0.05, 0) is 69.1 Å². The maximum Gasteiger partial charge on any atom is 0.297 e. The van der Waals surface area contributed by atoms with Gasteiger partial charge in [0.05, 0.1) is 23.7 Å². The van der Waals surface area contributed by atoms with Crippen LogP contribution >= 0.6 is 0 Å². The molecule has 1 heterocycles. The largest absolute Gasteiger partial charge is 0.461 e. The number of aryl methyl sites for hydroxylation is 1. The predicted octanol–water partition coefficient (Wildman–Crippen LogP) is 3.68. The van der Waals surface area contributed by atoms with Crippen LogP contribution in [0.4, 0.5) is 0 Å². The molecule has 1 aromatic carbocycles. The van der Waals surface area contributed by atoms with Crippen LogP contribution in [0.2, 0.25) is 0 Å². The van der Waals surface area contributed by atoms with Crippen molar-refractivity contribution in [2.45, 2.75) is 76.5 Å². The van der Waals surface area contributed by atoms with Gasteiger partial charge in [-0.1, -0.05) is 6.07 Å². The number of rotatable bonds is 7. The highest BCUT2D eigenvalue weighted by Gasteiger charge is 2.26. The molecule has 152 valence electrons. The molecule has 2 aliphatic carbocycles. The van der Waals surface area contributed by atoms with E-state index in [1.807, 2.05) is 14.0 Å². The van der Waals surface area contributed by atoms with E-state index in [4.69, 9.17) is 14.5 Å². The van der Waals surface area contributed by atoms with E-state index in [9.17, 15) is 4.79 Å². The second kappa shape index (κ2) is 8.11. The molecule has 1 amide bonds. The van der Waals surface area contributed by atoms with E-state index >= 15 is 0 Å². The molecule has 1 N–H and O–H groups in total. The van der Waals surface area contributed by atoms with Gasteiger partial charge in [0.1, 0.15) is 6.10 Å². The molecule has 1 atom stereocenters. The van der Waals surface area contributed by atoms with E-state index < -0.39 is 0 Å².